The lowest BCUT2D eigenvalue weighted by atomic mass is 10.2. The summed E-state index contributed by atoms with van der Waals surface area (Å²) in [7, 11) is -4.50. The van der Waals surface area contributed by atoms with Crippen LogP contribution < -0.4 is 0 Å². The molecule has 21 heavy (non-hydrogen) atoms. The van der Waals surface area contributed by atoms with Crippen molar-refractivity contribution in [2.24, 2.45) is 0 Å². The molecule has 0 atom stereocenters. The Morgan fingerprint density at radius 1 is 1.29 bits per heavy atom. The van der Waals surface area contributed by atoms with Crippen LogP contribution in [-0.2, 0) is 15.9 Å². The van der Waals surface area contributed by atoms with Gasteiger partial charge in [-0.15, -0.1) is 11.6 Å². The van der Waals surface area contributed by atoms with Crippen molar-refractivity contribution in [2.75, 3.05) is 13.1 Å². The van der Waals surface area contributed by atoms with Crippen LogP contribution in [0.25, 0.3) is 0 Å². The van der Waals surface area contributed by atoms with Gasteiger partial charge in [-0.2, -0.15) is 17.5 Å². The van der Waals surface area contributed by atoms with Crippen LogP contribution in [0.4, 0.5) is 17.6 Å². The Morgan fingerprint density at radius 2 is 1.86 bits per heavy atom. The van der Waals surface area contributed by atoms with E-state index in [1.54, 1.807) is 0 Å². The average Bonchev–Trinajstić information content (AvgIpc) is 2.37. The monoisotopic (exact) mass is 367 g/mol. The molecule has 0 aliphatic carbocycles. The Labute approximate surface area is 129 Å². The van der Waals surface area contributed by atoms with E-state index in [0.717, 1.165) is 6.07 Å². The molecule has 0 N–H and O–H groups in total. The molecule has 120 valence electrons. The molecule has 0 unspecified atom stereocenters. The first-order valence-corrected chi connectivity index (χ1v) is 7.99. The van der Waals surface area contributed by atoms with E-state index in [0.29, 0.717) is 6.07 Å². The Hall–Kier alpha value is -0.570. The lowest BCUT2D eigenvalue weighted by Crippen LogP contribution is -2.38. The Kier molecular flexibility index (Phi) is 5.88. The van der Waals surface area contributed by atoms with Gasteiger partial charge >= 0.3 is 6.18 Å². The third-order valence-electron chi connectivity index (χ3n) is 2.57. The van der Waals surface area contributed by atoms with E-state index >= 15 is 0 Å². The summed E-state index contributed by atoms with van der Waals surface area (Å²) in [5.74, 6) is -1.33. The Balaban J connectivity index is 3.32. The van der Waals surface area contributed by atoms with E-state index < -0.39 is 40.0 Å². The number of hydrogen-bond donors (Lipinski definition) is 0. The first kappa shape index (κ1) is 18.5. The summed E-state index contributed by atoms with van der Waals surface area (Å²) in [6, 6.07) is 1.54. The maximum absolute atomic E-state index is 13.6. The quantitative estimate of drug-likeness (QED) is 0.586. The van der Waals surface area contributed by atoms with E-state index in [1.165, 1.54) is 6.92 Å². The van der Waals surface area contributed by atoms with Crippen molar-refractivity contribution < 1.29 is 26.0 Å². The van der Waals surface area contributed by atoms with Crippen LogP contribution in [0.15, 0.2) is 17.0 Å². The van der Waals surface area contributed by atoms with E-state index in [-0.39, 0.29) is 20.8 Å². The molecule has 0 amide bonds. The Morgan fingerprint density at radius 3 is 2.29 bits per heavy atom. The fraction of sp³-hybridized carbons (Fsp3) is 0.455. The molecule has 0 aromatic heterocycles. The minimum absolute atomic E-state index is 0.0139. The third-order valence-corrected chi connectivity index (χ3v) is 5.18. The third kappa shape index (κ3) is 4.45. The van der Waals surface area contributed by atoms with Crippen LogP contribution in [0.2, 0.25) is 5.02 Å². The van der Waals surface area contributed by atoms with Crippen molar-refractivity contribution >= 4 is 33.2 Å². The summed E-state index contributed by atoms with van der Waals surface area (Å²) >= 11 is 11.1. The number of alkyl halides is 4. The fourth-order valence-electron chi connectivity index (χ4n) is 1.58. The number of rotatable bonds is 5. The van der Waals surface area contributed by atoms with E-state index in [2.05, 4.69) is 0 Å². The second kappa shape index (κ2) is 6.68. The van der Waals surface area contributed by atoms with Crippen molar-refractivity contribution in [3.63, 3.8) is 0 Å². The summed E-state index contributed by atoms with van der Waals surface area (Å²) < 4.78 is 75.3. The smallest absolute Gasteiger partial charge is 0.207 e. The molecule has 1 rings (SSSR count). The van der Waals surface area contributed by atoms with Gasteiger partial charge in [-0.05, 0) is 17.7 Å². The fourth-order valence-corrected chi connectivity index (χ4v) is 3.53. The maximum Gasteiger partial charge on any atom is 0.402 e. The molecular weight excluding hydrogens is 357 g/mol. The number of nitrogens with zero attached hydrogens (tertiary/aromatic N) is 1. The molecule has 0 aliphatic rings. The number of benzene rings is 1. The molecule has 0 bridgehead atoms. The van der Waals surface area contributed by atoms with Gasteiger partial charge in [0.2, 0.25) is 10.0 Å². The second-order valence-electron chi connectivity index (χ2n) is 4.06. The van der Waals surface area contributed by atoms with Gasteiger partial charge in [0, 0.05) is 12.4 Å². The Bertz CT molecular complexity index is 619. The largest absolute Gasteiger partial charge is 0.402 e. The normalized spacial score (nSPS) is 13.0. The average molecular weight is 368 g/mol. The zero-order valence-electron chi connectivity index (χ0n) is 10.7. The van der Waals surface area contributed by atoms with E-state index in [4.69, 9.17) is 23.2 Å². The molecule has 0 heterocycles. The highest BCUT2D eigenvalue weighted by Gasteiger charge is 2.36. The molecule has 0 spiro atoms. The zero-order valence-corrected chi connectivity index (χ0v) is 13.0. The summed E-state index contributed by atoms with van der Waals surface area (Å²) in [5, 5.41) is -0.359. The van der Waals surface area contributed by atoms with Gasteiger partial charge < -0.3 is 0 Å². The summed E-state index contributed by atoms with van der Waals surface area (Å²) in [5.41, 5.74) is -0.0139. The lowest BCUT2D eigenvalue weighted by molar-refractivity contribution is -0.135. The van der Waals surface area contributed by atoms with Crippen LogP contribution in [0.5, 0.6) is 0 Å². The lowest BCUT2D eigenvalue weighted by Gasteiger charge is -2.22. The zero-order chi connectivity index (χ0) is 16.4. The molecular formula is C11H11Cl2F4NO2S. The van der Waals surface area contributed by atoms with Crippen molar-refractivity contribution in [3.05, 3.63) is 28.5 Å². The maximum atomic E-state index is 13.6. The van der Waals surface area contributed by atoms with Crippen molar-refractivity contribution in [2.45, 2.75) is 23.9 Å². The van der Waals surface area contributed by atoms with E-state index in [1.807, 2.05) is 0 Å². The molecule has 0 saturated carbocycles. The molecule has 1 aromatic carbocycles. The van der Waals surface area contributed by atoms with Crippen LogP contribution in [0.3, 0.4) is 0 Å². The molecule has 0 fully saturated rings. The van der Waals surface area contributed by atoms with Crippen molar-refractivity contribution in [1.82, 2.24) is 4.31 Å². The first-order valence-electron chi connectivity index (χ1n) is 5.63. The van der Waals surface area contributed by atoms with Gasteiger partial charge in [0.15, 0.2) is 0 Å². The minimum Gasteiger partial charge on any atom is -0.207 e. The van der Waals surface area contributed by atoms with Crippen molar-refractivity contribution in [3.8, 4) is 0 Å². The predicted molar refractivity (Wildman–Crippen MR) is 71.5 cm³/mol. The number of hydrogen-bond acceptors (Lipinski definition) is 2. The molecule has 10 heteroatoms. The highest BCUT2D eigenvalue weighted by molar-refractivity contribution is 7.89. The molecule has 0 aliphatic heterocycles. The van der Waals surface area contributed by atoms with Gasteiger partial charge in [0.05, 0.1) is 9.92 Å². The van der Waals surface area contributed by atoms with Crippen molar-refractivity contribution in [1.29, 1.82) is 0 Å². The van der Waals surface area contributed by atoms with Gasteiger partial charge in [0.25, 0.3) is 0 Å². The molecule has 0 radical (unpaired) electrons. The highest BCUT2D eigenvalue weighted by Crippen LogP contribution is 2.28. The van der Waals surface area contributed by atoms with Crippen LogP contribution in [0, 0.1) is 5.82 Å². The number of halogens is 6. The van der Waals surface area contributed by atoms with E-state index in [9.17, 15) is 26.0 Å². The topological polar surface area (TPSA) is 37.4 Å². The van der Waals surface area contributed by atoms with Gasteiger partial charge in [-0.3, -0.25) is 0 Å². The minimum atomic E-state index is -4.70. The standard InChI is InChI=1S/C11H11Cl2F4NO2S/c1-2-18(6-11(15,16)17)21(19,20)8-3-7(5-12)10(13)9(14)4-8/h3-4H,2,5-6H2,1H3. The molecule has 1 aromatic rings. The van der Waals surface area contributed by atoms with Gasteiger partial charge in [-0.25, -0.2) is 12.8 Å². The predicted octanol–water partition coefficient (Wildman–Crippen LogP) is 3.79. The highest BCUT2D eigenvalue weighted by atomic mass is 35.5. The summed E-state index contributed by atoms with van der Waals surface area (Å²) in [6.45, 7) is -0.827. The van der Waals surface area contributed by atoms with Crippen LogP contribution in [0.1, 0.15) is 12.5 Å². The van der Waals surface area contributed by atoms with Gasteiger partial charge in [0.1, 0.15) is 12.4 Å². The summed E-state index contributed by atoms with van der Waals surface area (Å²) in [6.07, 6.45) is -4.70. The summed E-state index contributed by atoms with van der Waals surface area (Å²) in [4.78, 5) is -0.619. The van der Waals surface area contributed by atoms with Crippen LogP contribution in [-0.4, -0.2) is 32.0 Å². The second-order valence-corrected chi connectivity index (χ2v) is 6.64. The van der Waals surface area contributed by atoms with Gasteiger partial charge in [-0.1, -0.05) is 18.5 Å². The SMILES string of the molecule is CCN(CC(F)(F)F)S(=O)(=O)c1cc(F)c(Cl)c(CCl)c1. The van der Waals surface area contributed by atoms with Crippen LogP contribution >= 0.6 is 23.2 Å². The first-order chi connectivity index (χ1) is 9.52. The number of sulfonamides is 1. The molecule has 0 saturated heterocycles. The molecule has 3 nitrogen and oxygen atoms in total.